The van der Waals surface area contributed by atoms with Crippen molar-refractivity contribution in [2.45, 2.75) is 53.9 Å². The first kappa shape index (κ1) is 20.2. The van der Waals surface area contributed by atoms with Crippen molar-refractivity contribution in [1.29, 1.82) is 0 Å². The van der Waals surface area contributed by atoms with Crippen molar-refractivity contribution in [3.63, 3.8) is 0 Å². The predicted octanol–water partition coefficient (Wildman–Crippen LogP) is 6.28. The highest BCUT2D eigenvalue weighted by atomic mass is 19.1. The molecule has 1 rings (SSSR count). The van der Waals surface area contributed by atoms with Crippen LogP contribution in [-0.4, -0.2) is 7.05 Å². The lowest BCUT2D eigenvalue weighted by Gasteiger charge is -2.22. The molecule has 0 heterocycles. The van der Waals surface area contributed by atoms with Crippen molar-refractivity contribution in [2.75, 3.05) is 7.05 Å². The van der Waals surface area contributed by atoms with Gasteiger partial charge in [0.1, 0.15) is 5.82 Å². The van der Waals surface area contributed by atoms with Gasteiger partial charge in [0.05, 0.1) is 0 Å². The minimum absolute atomic E-state index is 0.156. The number of rotatable bonds is 8. The Balaban J connectivity index is 3.69. The lowest BCUT2D eigenvalue weighted by molar-refractivity contribution is 0.559. The van der Waals surface area contributed by atoms with Gasteiger partial charge in [-0.25, -0.2) is 4.39 Å². The van der Waals surface area contributed by atoms with E-state index in [0.29, 0.717) is 11.5 Å². The molecule has 0 saturated heterocycles. The highest BCUT2D eigenvalue weighted by Crippen LogP contribution is 2.32. The van der Waals surface area contributed by atoms with Crippen LogP contribution in [0.15, 0.2) is 47.6 Å². The van der Waals surface area contributed by atoms with Gasteiger partial charge in [0, 0.05) is 18.3 Å². The zero-order valence-electron chi connectivity index (χ0n) is 16.0. The molecule has 0 spiro atoms. The molecule has 2 heteroatoms. The molecule has 24 heavy (non-hydrogen) atoms. The number of allylic oxidation sites excluding steroid dienone is 5. The van der Waals surface area contributed by atoms with Crippen LogP contribution in [0.4, 0.5) is 4.39 Å². The Morgan fingerprint density at radius 3 is 2.46 bits per heavy atom. The lowest BCUT2D eigenvalue weighted by atomic mass is 9.88. The fourth-order valence-corrected chi connectivity index (χ4v) is 2.98. The summed E-state index contributed by atoms with van der Waals surface area (Å²) in [5.74, 6) is 0.386. The maximum absolute atomic E-state index is 14.7. The van der Waals surface area contributed by atoms with Crippen molar-refractivity contribution in [1.82, 2.24) is 5.32 Å². The second-order valence-corrected chi connectivity index (χ2v) is 6.19. The lowest BCUT2D eigenvalue weighted by Crippen LogP contribution is -2.14. The Bertz CT molecular complexity index is 623. The molecule has 0 aliphatic carbocycles. The summed E-state index contributed by atoms with van der Waals surface area (Å²) < 4.78 is 14.7. The molecule has 0 aromatic heterocycles. The minimum atomic E-state index is -0.156. The van der Waals surface area contributed by atoms with Crippen LogP contribution < -0.4 is 5.32 Å². The first-order valence-corrected chi connectivity index (χ1v) is 9.01. The Labute approximate surface area is 147 Å². The van der Waals surface area contributed by atoms with Crippen molar-refractivity contribution in [3.8, 4) is 0 Å². The second-order valence-electron chi connectivity index (χ2n) is 6.19. The van der Waals surface area contributed by atoms with E-state index >= 15 is 0 Å². The number of nitrogens with one attached hydrogen (secondary N) is 1. The molecule has 0 aliphatic heterocycles. The quantitative estimate of drug-likeness (QED) is 0.554. The predicted molar refractivity (Wildman–Crippen MR) is 104 cm³/mol. The van der Waals surface area contributed by atoms with E-state index in [1.165, 1.54) is 5.57 Å². The molecule has 0 saturated carbocycles. The van der Waals surface area contributed by atoms with E-state index in [-0.39, 0.29) is 5.82 Å². The summed E-state index contributed by atoms with van der Waals surface area (Å²) in [5, 5.41) is 3.30. The zero-order chi connectivity index (χ0) is 18.1. The molecule has 0 fully saturated rings. The Morgan fingerprint density at radius 1 is 1.25 bits per heavy atom. The Morgan fingerprint density at radius 2 is 1.96 bits per heavy atom. The van der Waals surface area contributed by atoms with E-state index in [9.17, 15) is 4.39 Å². The molecule has 1 N–H and O–H groups in total. The van der Waals surface area contributed by atoms with Crippen LogP contribution in [0.2, 0.25) is 0 Å². The minimum Gasteiger partial charge on any atom is -0.387 e. The van der Waals surface area contributed by atoms with Crippen molar-refractivity contribution in [2.24, 2.45) is 5.92 Å². The summed E-state index contributed by atoms with van der Waals surface area (Å²) in [5.41, 5.74) is 5.01. The summed E-state index contributed by atoms with van der Waals surface area (Å²) >= 11 is 0. The molecule has 1 aromatic rings. The summed E-state index contributed by atoms with van der Waals surface area (Å²) in [7, 11) is 1.89. The number of hydrogen-bond donors (Lipinski definition) is 1. The van der Waals surface area contributed by atoms with Gasteiger partial charge in [-0.1, -0.05) is 57.6 Å². The van der Waals surface area contributed by atoms with E-state index in [4.69, 9.17) is 0 Å². The highest BCUT2D eigenvalue weighted by molar-refractivity contribution is 5.74. The van der Waals surface area contributed by atoms with Gasteiger partial charge in [-0.05, 0) is 55.4 Å². The SMILES string of the molecule is C\C=C/C(=C\C)C(/CC(C)CC)=C(/NC)c1c(F)cccc1CC. The molecule has 1 unspecified atom stereocenters. The molecule has 0 radical (unpaired) electrons. The second kappa shape index (κ2) is 10.1. The normalized spacial score (nSPS) is 14.7. The van der Waals surface area contributed by atoms with Crippen LogP contribution in [0.25, 0.3) is 5.70 Å². The van der Waals surface area contributed by atoms with Crippen LogP contribution in [0.3, 0.4) is 0 Å². The van der Waals surface area contributed by atoms with Crippen LogP contribution in [0.1, 0.15) is 58.6 Å². The summed E-state index contributed by atoms with van der Waals surface area (Å²) in [4.78, 5) is 0. The van der Waals surface area contributed by atoms with Crippen LogP contribution in [0, 0.1) is 11.7 Å². The molecule has 1 aromatic carbocycles. The molecular formula is C22H32FN. The molecule has 0 amide bonds. The fraction of sp³-hybridized carbons (Fsp3) is 0.455. The maximum Gasteiger partial charge on any atom is 0.132 e. The largest absolute Gasteiger partial charge is 0.387 e. The van der Waals surface area contributed by atoms with Gasteiger partial charge in [0.25, 0.3) is 0 Å². The topological polar surface area (TPSA) is 12.0 Å². The number of hydrogen-bond acceptors (Lipinski definition) is 1. The maximum atomic E-state index is 14.7. The van der Waals surface area contributed by atoms with Gasteiger partial charge in [0.15, 0.2) is 0 Å². The Kier molecular flexibility index (Phi) is 8.53. The van der Waals surface area contributed by atoms with E-state index in [2.05, 4.69) is 38.2 Å². The zero-order valence-corrected chi connectivity index (χ0v) is 16.0. The number of aryl methyl sites for hydroxylation is 1. The van der Waals surface area contributed by atoms with Gasteiger partial charge in [-0.2, -0.15) is 0 Å². The van der Waals surface area contributed by atoms with E-state index in [0.717, 1.165) is 36.1 Å². The summed E-state index contributed by atoms with van der Waals surface area (Å²) in [6.07, 6.45) is 9.10. The van der Waals surface area contributed by atoms with Gasteiger partial charge in [0.2, 0.25) is 0 Å². The van der Waals surface area contributed by atoms with Gasteiger partial charge in [-0.3, -0.25) is 0 Å². The third-order valence-corrected chi connectivity index (χ3v) is 4.54. The Hall–Kier alpha value is -1.83. The summed E-state index contributed by atoms with van der Waals surface area (Å²) in [6.45, 7) is 10.6. The standard InChI is InChI=1S/C22H32FN/c1-7-12-17(9-3)19(15-16(5)8-2)22(24-6)21-18(10-4)13-11-14-20(21)23/h7,9,11-14,16,24H,8,10,15H2,1-6H3/b12-7-,17-9+,22-19+. The highest BCUT2D eigenvalue weighted by Gasteiger charge is 2.18. The molecule has 132 valence electrons. The van der Waals surface area contributed by atoms with Gasteiger partial charge < -0.3 is 5.32 Å². The third kappa shape index (κ3) is 4.83. The molecular weight excluding hydrogens is 297 g/mol. The molecule has 0 aliphatic rings. The number of halogens is 1. The van der Waals surface area contributed by atoms with E-state index < -0.39 is 0 Å². The van der Waals surface area contributed by atoms with Crippen LogP contribution in [-0.2, 0) is 6.42 Å². The number of benzene rings is 1. The first-order chi connectivity index (χ1) is 11.5. The van der Waals surface area contributed by atoms with Gasteiger partial charge >= 0.3 is 0 Å². The smallest absolute Gasteiger partial charge is 0.132 e. The van der Waals surface area contributed by atoms with Crippen LogP contribution >= 0.6 is 0 Å². The van der Waals surface area contributed by atoms with Crippen molar-refractivity contribution in [3.05, 3.63) is 64.5 Å². The molecule has 1 atom stereocenters. The average molecular weight is 330 g/mol. The molecule has 1 nitrogen and oxygen atoms in total. The van der Waals surface area contributed by atoms with Crippen molar-refractivity contribution >= 4 is 5.70 Å². The third-order valence-electron chi connectivity index (χ3n) is 4.54. The average Bonchev–Trinajstić information content (AvgIpc) is 2.60. The van der Waals surface area contributed by atoms with Gasteiger partial charge in [-0.15, -0.1) is 0 Å². The summed E-state index contributed by atoms with van der Waals surface area (Å²) in [6, 6.07) is 5.36. The van der Waals surface area contributed by atoms with Crippen molar-refractivity contribution < 1.29 is 4.39 Å². The van der Waals surface area contributed by atoms with E-state index in [1.807, 2.05) is 33.0 Å². The monoisotopic (exact) mass is 329 g/mol. The van der Waals surface area contributed by atoms with Crippen LogP contribution in [0.5, 0.6) is 0 Å². The van der Waals surface area contributed by atoms with E-state index in [1.54, 1.807) is 12.1 Å². The fourth-order valence-electron chi connectivity index (χ4n) is 2.98. The molecule has 0 bridgehead atoms. The first-order valence-electron chi connectivity index (χ1n) is 9.01.